The van der Waals surface area contributed by atoms with Gasteiger partial charge in [-0.15, -0.1) is 0 Å². The molecule has 0 aromatic heterocycles. The van der Waals surface area contributed by atoms with E-state index in [1.807, 2.05) is 6.92 Å². The van der Waals surface area contributed by atoms with Gasteiger partial charge in [-0.25, -0.2) is 4.39 Å². The largest absolute Gasteiger partial charge is 0.385 e. The van der Waals surface area contributed by atoms with Crippen LogP contribution in [0.4, 0.5) is 4.39 Å². The highest BCUT2D eigenvalue weighted by atomic mass is 19.1. The highest BCUT2D eigenvalue weighted by molar-refractivity contribution is 5.26. The van der Waals surface area contributed by atoms with Crippen LogP contribution in [0.1, 0.15) is 31.7 Å². The highest BCUT2D eigenvalue weighted by Crippen LogP contribution is 2.43. The van der Waals surface area contributed by atoms with Gasteiger partial charge in [0, 0.05) is 5.56 Å². The molecule has 0 amide bonds. The molecule has 2 rings (SSSR count). The Morgan fingerprint density at radius 1 is 1.43 bits per heavy atom. The molecular weight excluding hydrogens is 179 g/mol. The highest BCUT2D eigenvalue weighted by Gasteiger charge is 2.41. The van der Waals surface area contributed by atoms with Gasteiger partial charge in [-0.1, -0.05) is 25.1 Å². The van der Waals surface area contributed by atoms with Gasteiger partial charge in [0.2, 0.25) is 0 Å². The topological polar surface area (TPSA) is 20.2 Å². The first-order chi connectivity index (χ1) is 6.64. The van der Waals surface area contributed by atoms with Crippen molar-refractivity contribution < 1.29 is 9.50 Å². The maximum atomic E-state index is 13.5. The zero-order chi connectivity index (χ0) is 10.2. The van der Waals surface area contributed by atoms with Gasteiger partial charge in [0.25, 0.3) is 0 Å². The molecule has 1 aliphatic carbocycles. The lowest BCUT2D eigenvalue weighted by Gasteiger charge is -2.28. The van der Waals surface area contributed by atoms with Crippen molar-refractivity contribution >= 4 is 0 Å². The van der Waals surface area contributed by atoms with Crippen molar-refractivity contribution in [3.8, 4) is 0 Å². The normalized spacial score (nSPS) is 32.1. The minimum Gasteiger partial charge on any atom is -0.385 e. The van der Waals surface area contributed by atoms with Gasteiger partial charge in [0.1, 0.15) is 5.82 Å². The van der Waals surface area contributed by atoms with E-state index >= 15 is 0 Å². The Labute approximate surface area is 83.6 Å². The molecule has 0 spiro atoms. The molecule has 2 heteroatoms. The van der Waals surface area contributed by atoms with Gasteiger partial charge >= 0.3 is 0 Å². The van der Waals surface area contributed by atoms with Crippen LogP contribution in [-0.4, -0.2) is 5.11 Å². The Bertz CT molecular complexity index is 337. The van der Waals surface area contributed by atoms with Gasteiger partial charge in [-0.3, -0.25) is 0 Å². The summed E-state index contributed by atoms with van der Waals surface area (Å²) in [6.45, 7) is 1.99. The minimum atomic E-state index is -0.939. The fourth-order valence-corrected chi connectivity index (χ4v) is 2.38. The maximum Gasteiger partial charge on any atom is 0.129 e. The van der Waals surface area contributed by atoms with Crippen molar-refractivity contribution in [2.75, 3.05) is 0 Å². The molecule has 0 aliphatic heterocycles. The van der Waals surface area contributed by atoms with E-state index in [-0.39, 0.29) is 11.7 Å². The summed E-state index contributed by atoms with van der Waals surface area (Å²) in [5.41, 5.74) is -0.476. The van der Waals surface area contributed by atoms with Gasteiger partial charge < -0.3 is 5.11 Å². The Kier molecular flexibility index (Phi) is 2.31. The summed E-state index contributed by atoms with van der Waals surface area (Å²) < 4.78 is 13.5. The summed E-state index contributed by atoms with van der Waals surface area (Å²) in [7, 11) is 0. The van der Waals surface area contributed by atoms with Crippen LogP contribution in [0.3, 0.4) is 0 Å². The summed E-state index contributed by atoms with van der Waals surface area (Å²) in [6.07, 6.45) is 2.63. The molecule has 0 bridgehead atoms. The third-order valence-electron chi connectivity index (χ3n) is 3.35. The molecule has 0 unspecified atom stereocenters. The van der Waals surface area contributed by atoms with E-state index in [2.05, 4.69) is 0 Å². The first-order valence-electron chi connectivity index (χ1n) is 5.12. The van der Waals surface area contributed by atoms with Gasteiger partial charge in [0.15, 0.2) is 0 Å². The van der Waals surface area contributed by atoms with E-state index in [0.717, 1.165) is 12.8 Å². The lowest BCUT2D eigenvalue weighted by molar-refractivity contribution is 0.00121. The second kappa shape index (κ2) is 3.35. The Morgan fingerprint density at radius 3 is 2.71 bits per heavy atom. The van der Waals surface area contributed by atoms with Crippen LogP contribution in [-0.2, 0) is 5.60 Å². The molecule has 1 nitrogen and oxygen atoms in total. The summed E-state index contributed by atoms with van der Waals surface area (Å²) in [6, 6.07) is 6.54. The molecule has 76 valence electrons. The van der Waals surface area contributed by atoms with E-state index in [9.17, 15) is 9.50 Å². The smallest absolute Gasteiger partial charge is 0.129 e. The van der Waals surface area contributed by atoms with Crippen molar-refractivity contribution in [1.82, 2.24) is 0 Å². The van der Waals surface area contributed by atoms with Crippen LogP contribution in [0.5, 0.6) is 0 Å². The zero-order valence-electron chi connectivity index (χ0n) is 8.33. The third kappa shape index (κ3) is 1.34. The lowest BCUT2D eigenvalue weighted by atomic mass is 9.85. The standard InChI is InChI=1S/C12H15FO/c1-9-5-4-8-12(9,14)10-6-2-3-7-11(10)13/h2-3,6-7,9,14H,4-5,8H2,1H3/t9-,12-/m0/s1. The number of aliphatic hydroxyl groups is 1. The van der Waals surface area contributed by atoms with Crippen LogP contribution in [0, 0.1) is 11.7 Å². The van der Waals surface area contributed by atoms with Crippen molar-refractivity contribution in [2.45, 2.75) is 31.8 Å². The van der Waals surface area contributed by atoms with Crippen molar-refractivity contribution in [1.29, 1.82) is 0 Å². The molecule has 0 radical (unpaired) electrons. The van der Waals surface area contributed by atoms with Crippen molar-refractivity contribution in [3.05, 3.63) is 35.6 Å². The number of benzene rings is 1. The van der Waals surface area contributed by atoms with E-state index in [0.29, 0.717) is 12.0 Å². The summed E-state index contributed by atoms with van der Waals surface area (Å²) in [5, 5.41) is 10.4. The average Bonchev–Trinajstić information content (AvgIpc) is 2.49. The Balaban J connectivity index is 2.43. The molecular formula is C12H15FO. The molecule has 0 heterocycles. The molecule has 1 aromatic carbocycles. The second-order valence-corrected chi connectivity index (χ2v) is 4.20. The molecule has 1 N–H and O–H groups in total. The number of hydrogen-bond donors (Lipinski definition) is 1. The SMILES string of the molecule is C[C@H]1CCC[C@@]1(O)c1ccccc1F. The van der Waals surface area contributed by atoms with E-state index in [1.165, 1.54) is 6.07 Å². The van der Waals surface area contributed by atoms with Crippen molar-refractivity contribution in [3.63, 3.8) is 0 Å². The van der Waals surface area contributed by atoms with E-state index < -0.39 is 5.60 Å². The predicted octanol–water partition coefficient (Wildman–Crippen LogP) is 2.83. The quantitative estimate of drug-likeness (QED) is 0.728. The Morgan fingerprint density at radius 2 is 2.14 bits per heavy atom. The first-order valence-corrected chi connectivity index (χ1v) is 5.12. The molecule has 0 saturated heterocycles. The van der Waals surface area contributed by atoms with Crippen LogP contribution in [0.2, 0.25) is 0 Å². The van der Waals surface area contributed by atoms with Crippen LogP contribution < -0.4 is 0 Å². The zero-order valence-corrected chi connectivity index (χ0v) is 8.33. The van der Waals surface area contributed by atoms with Gasteiger partial charge in [0.05, 0.1) is 5.60 Å². The second-order valence-electron chi connectivity index (χ2n) is 4.20. The number of hydrogen-bond acceptors (Lipinski definition) is 1. The summed E-state index contributed by atoms with van der Waals surface area (Å²) >= 11 is 0. The molecule has 2 atom stereocenters. The average molecular weight is 194 g/mol. The minimum absolute atomic E-state index is 0.152. The van der Waals surface area contributed by atoms with Gasteiger partial charge in [-0.2, -0.15) is 0 Å². The molecule has 14 heavy (non-hydrogen) atoms. The van der Waals surface area contributed by atoms with Crippen molar-refractivity contribution in [2.24, 2.45) is 5.92 Å². The van der Waals surface area contributed by atoms with Crippen LogP contribution in [0.25, 0.3) is 0 Å². The van der Waals surface area contributed by atoms with Gasteiger partial charge in [-0.05, 0) is 31.2 Å². The number of rotatable bonds is 1. The Hall–Kier alpha value is -0.890. The monoisotopic (exact) mass is 194 g/mol. The number of halogens is 1. The predicted molar refractivity (Wildman–Crippen MR) is 53.3 cm³/mol. The summed E-state index contributed by atoms with van der Waals surface area (Å²) in [4.78, 5) is 0. The van der Waals surface area contributed by atoms with Crippen LogP contribution >= 0.6 is 0 Å². The molecule has 1 aromatic rings. The van der Waals surface area contributed by atoms with E-state index in [1.54, 1.807) is 18.2 Å². The van der Waals surface area contributed by atoms with E-state index in [4.69, 9.17) is 0 Å². The fourth-order valence-electron chi connectivity index (χ4n) is 2.38. The molecule has 1 fully saturated rings. The fraction of sp³-hybridized carbons (Fsp3) is 0.500. The van der Waals surface area contributed by atoms with Crippen LogP contribution in [0.15, 0.2) is 24.3 Å². The summed E-state index contributed by atoms with van der Waals surface area (Å²) in [5.74, 6) is -0.136. The molecule has 1 saturated carbocycles. The maximum absolute atomic E-state index is 13.5. The lowest BCUT2D eigenvalue weighted by Crippen LogP contribution is -2.29. The molecule has 1 aliphatic rings. The first kappa shape index (κ1) is 9.66. The third-order valence-corrected chi connectivity index (χ3v) is 3.35.